The van der Waals surface area contributed by atoms with Gasteiger partial charge >= 0.3 is 0 Å². The van der Waals surface area contributed by atoms with Gasteiger partial charge in [-0.2, -0.15) is 4.99 Å². The first-order valence-corrected chi connectivity index (χ1v) is 5.78. The molecular weight excluding hydrogens is 241 g/mol. The van der Waals surface area contributed by atoms with Crippen molar-refractivity contribution in [3.63, 3.8) is 0 Å². The zero-order valence-corrected chi connectivity index (χ0v) is 9.92. The Morgan fingerprint density at radius 3 is 2.71 bits per heavy atom. The molecule has 0 aromatic heterocycles. The van der Waals surface area contributed by atoms with E-state index < -0.39 is 0 Å². The topological polar surface area (TPSA) is 53.8 Å². The van der Waals surface area contributed by atoms with Gasteiger partial charge in [-0.15, -0.1) is 0 Å². The third-order valence-electron chi connectivity index (χ3n) is 1.92. The molecule has 17 heavy (non-hydrogen) atoms. The Morgan fingerprint density at radius 2 is 2.12 bits per heavy atom. The van der Waals surface area contributed by atoms with Gasteiger partial charge in [-0.05, 0) is 43.0 Å². The summed E-state index contributed by atoms with van der Waals surface area (Å²) in [5.74, 6) is -0.268. The number of halogens is 1. The van der Waals surface area contributed by atoms with Gasteiger partial charge in [0.25, 0.3) is 0 Å². The fourth-order valence-corrected chi connectivity index (χ4v) is 1.74. The van der Waals surface area contributed by atoms with E-state index in [1.807, 2.05) is 0 Å². The molecule has 4 nitrogen and oxygen atoms in total. The molecule has 0 unspecified atom stereocenters. The summed E-state index contributed by atoms with van der Waals surface area (Å²) in [6, 6.07) is 6.00. The van der Waals surface area contributed by atoms with Gasteiger partial charge in [0.2, 0.25) is 0 Å². The molecule has 1 aromatic carbocycles. The van der Waals surface area contributed by atoms with Gasteiger partial charge in [-0.25, -0.2) is 4.39 Å². The third-order valence-corrected chi connectivity index (χ3v) is 2.71. The van der Waals surface area contributed by atoms with Crippen LogP contribution in [-0.4, -0.2) is 22.7 Å². The summed E-state index contributed by atoms with van der Waals surface area (Å²) in [6.45, 7) is 1.64. The summed E-state index contributed by atoms with van der Waals surface area (Å²) in [4.78, 5) is 18.7. The van der Waals surface area contributed by atoms with E-state index in [2.05, 4.69) is 15.3 Å². The van der Waals surface area contributed by atoms with Crippen LogP contribution in [0.3, 0.4) is 0 Å². The van der Waals surface area contributed by atoms with Crippen molar-refractivity contribution >= 4 is 33.6 Å². The Hall–Kier alpha value is -1.69. The van der Waals surface area contributed by atoms with Crippen LogP contribution in [-0.2, 0) is 4.79 Å². The number of anilines is 1. The molecule has 0 radical (unpaired) electrons. The fourth-order valence-electron chi connectivity index (χ4n) is 1.14. The van der Waals surface area contributed by atoms with Crippen molar-refractivity contribution in [2.75, 3.05) is 11.9 Å². The van der Waals surface area contributed by atoms with E-state index in [1.54, 1.807) is 12.1 Å². The second-order valence-corrected chi connectivity index (χ2v) is 4.41. The molecule has 1 N–H and O–H groups in total. The molecule has 2 rings (SSSR count). The summed E-state index contributed by atoms with van der Waals surface area (Å²) in [6.07, 6.45) is 0. The monoisotopic (exact) mass is 251 g/mol. The fraction of sp³-hybridized carbons (Fsp3) is 0.182. The quantitative estimate of drug-likeness (QED) is 0.896. The Labute approximate surface area is 102 Å². The van der Waals surface area contributed by atoms with E-state index in [9.17, 15) is 9.18 Å². The molecule has 1 aliphatic heterocycles. The maximum Gasteiger partial charge on any atom is 0.193 e. The normalized spacial score (nSPS) is 16.4. The molecule has 88 valence electrons. The average molecular weight is 251 g/mol. The van der Waals surface area contributed by atoms with Crippen LogP contribution in [0.5, 0.6) is 0 Å². The molecule has 6 heteroatoms. The van der Waals surface area contributed by atoms with Crippen molar-refractivity contribution < 1.29 is 9.18 Å². The number of carbonyl (C=O) groups excluding carboxylic acids is 1. The Bertz CT molecular complexity index is 496. The summed E-state index contributed by atoms with van der Waals surface area (Å²) in [7, 11) is 0. The van der Waals surface area contributed by atoms with Crippen LogP contribution >= 0.6 is 11.8 Å². The molecule has 1 aromatic rings. The number of amidine groups is 2. The number of nitrogens with one attached hydrogen (secondary N) is 1. The van der Waals surface area contributed by atoms with Gasteiger partial charge in [0.15, 0.2) is 16.1 Å². The van der Waals surface area contributed by atoms with Crippen LogP contribution in [0.15, 0.2) is 34.3 Å². The Kier molecular flexibility index (Phi) is 3.53. The zero-order chi connectivity index (χ0) is 12.3. The second-order valence-electron chi connectivity index (χ2n) is 3.45. The number of rotatable bonds is 3. The zero-order valence-electron chi connectivity index (χ0n) is 9.11. The highest BCUT2D eigenvalue weighted by atomic mass is 32.2. The Balaban J connectivity index is 1.91. The van der Waals surface area contributed by atoms with E-state index >= 15 is 0 Å². The van der Waals surface area contributed by atoms with Crippen LogP contribution in [0, 0.1) is 5.82 Å². The van der Waals surface area contributed by atoms with E-state index in [-0.39, 0.29) is 18.1 Å². The lowest BCUT2D eigenvalue weighted by Gasteiger charge is -2.15. The molecule has 0 aliphatic carbocycles. The van der Waals surface area contributed by atoms with Crippen LogP contribution in [0.1, 0.15) is 6.92 Å². The minimum absolute atomic E-state index is 0.00763. The minimum Gasteiger partial charge on any atom is -0.334 e. The second kappa shape index (κ2) is 5.09. The number of Topliss-reactive ketones (excluding diaryl/α,β-unsaturated/α-hetero) is 1. The Morgan fingerprint density at radius 1 is 1.47 bits per heavy atom. The first-order chi connectivity index (χ1) is 8.13. The van der Waals surface area contributed by atoms with Gasteiger partial charge in [-0.1, -0.05) is 0 Å². The maximum absolute atomic E-state index is 12.6. The molecule has 0 atom stereocenters. The van der Waals surface area contributed by atoms with Crippen molar-refractivity contribution in [1.82, 2.24) is 0 Å². The highest BCUT2D eigenvalue weighted by Crippen LogP contribution is 2.22. The van der Waals surface area contributed by atoms with E-state index in [0.717, 1.165) is 5.69 Å². The van der Waals surface area contributed by atoms with Gasteiger partial charge in [0.1, 0.15) is 12.4 Å². The highest BCUT2D eigenvalue weighted by molar-refractivity contribution is 8.29. The van der Waals surface area contributed by atoms with Crippen LogP contribution < -0.4 is 5.32 Å². The molecule has 0 amide bonds. The lowest BCUT2D eigenvalue weighted by molar-refractivity contribution is -0.115. The maximum atomic E-state index is 12.6. The van der Waals surface area contributed by atoms with Gasteiger partial charge in [-0.3, -0.25) is 9.79 Å². The number of carbonyl (C=O) groups is 1. The van der Waals surface area contributed by atoms with E-state index in [0.29, 0.717) is 10.3 Å². The predicted molar refractivity (Wildman–Crippen MR) is 68.0 cm³/mol. The number of aliphatic imine (C=N–C) groups is 2. The lowest BCUT2D eigenvalue weighted by Crippen LogP contribution is -2.20. The number of benzene rings is 1. The molecule has 0 spiro atoms. The van der Waals surface area contributed by atoms with Crippen molar-refractivity contribution in [2.45, 2.75) is 6.92 Å². The SMILES string of the molecule is CC(=O)CN=C1N=C(Nc2ccc(F)cc2)S1. The third kappa shape index (κ3) is 3.39. The van der Waals surface area contributed by atoms with Crippen LogP contribution in [0.25, 0.3) is 0 Å². The number of ketones is 1. The number of hydrogen-bond donors (Lipinski definition) is 1. The minimum atomic E-state index is -0.275. The number of thioether (sulfide) groups is 1. The summed E-state index contributed by atoms with van der Waals surface area (Å²) >= 11 is 1.36. The summed E-state index contributed by atoms with van der Waals surface area (Å²) < 4.78 is 12.6. The smallest absolute Gasteiger partial charge is 0.193 e. The summed E-state index contributed by atoms with van der Waals surface area (Å²) in [5.41, 5.74) is 0.767. The molecular formula is C11H10FN3OS. The average Bonchev–Trinajstić information content (AvgIpc) is 2.23. The molecule has 1 aliphatic rings. The number of hydrogen-bond acceptors (Lipinski definition) is 4. The van der Waals surface area contributed by atoms with Crippen molar-refractivity contribution in [1.29, 1.82) is 0 Å². The van der Waals surface area contributed by atoms with Gasteiger partial charge < -0.3 is 5.32 Å². The van der Waals surface area contributed by atoms with Gasteiger partial charge in [0.05, 0.1) is 0 Å². The first-order valence-electron chi connectivity index (χ1n) is 4.96. The molecule has 1 heterocycles. The van der Waals surface area contributed by atoms with Crippen molar-refractivity contribution in [3.05, 3.63) is 30.1 Å². The largest absolute Gasteiger partial charge is 0.334 e. The van der Waals surface area contributed by atoms with E-state index in [1.165, 1.54) is 30.8 Å². The predicted octanol–water partition coefficient (Wildman–Crippen LogP) is 2.29. The first kappa shape index (κ1) is 11.8. The molecule has 0 fully saturated rings. The van der Waals surface area contributed by atoms with Crippen LogP contribution in [0.4, 0.5) is 10.1 Å². The highest BCUT2D eigenvalue weighted by Gasteiger charge is 2.17. The van der Waals surface area contributed by atoms with Crippen molar-refractivity contribution in [3.8, 4) is 0 Å². The standard InChI is InChI=1S/C11H10FN3OS/c1-7(16)6-13-10-15-11(17-10)14-9-4-2-8(12)3-5-9/h2-5H,6H2,1H3,(H,13,14,15). The molecule has 0 saturated heterocycles. The molecule has 0 bridgehead atoms. The number of nitrogens with zero attached hydrogens (tertiary/aromatic N) is 2. The van der Waals surface area contributed by atoms with Crippen LogP contribution in [0.2, 0.25) is 0 Å². The lowest BCUT2D eigenvalue weighted by atomic mass is 10.3. The van der Waals surface area contributed by atoms with Gasteiger partial charge in [0, 0.05) is 5.69 Å². The molecule has 0 saturated carbocycles. The summed E-state index contributed by atoms with van der Waals surface area (Å²) in [5, 5.41) is 4.28. The van der Waals surface area contributed by atoms with E-state index in [4.69, 9.17) is 0 Å². The van der Waals surface area contributed by atoms with Crippen molar-refractivity contribution in [2.24, 2.45) is 9.98 Å².